The van der Waals surface area contributed by atoms with Gasteiger partial charge < -0.3 is 0 Å². The van der Waals surface area contributed by atoms with E-state index in [-0.39, 0.29) is 5.78 Å². The molecule has 4 heteroatoms. The van der Waals surface area contributed by atoms with Crippen LogP contribution >= 0.6 is 15.9 Å². The number of halogens is 1. The van der Waals surface area contributed by atoms with Crippen LogP contribution in [0.15, 0.2) is 53.1 Å². The van der Waals surface area contributed by atoms with E-state index in [9.17, 15) is 4.79 Å². The van der Waals surface area contributed by atoms with Gasteiger partial charge in [0.2, 0.25) is 5.78 Å². The Labute approximate surface area is 119 Å². The fourth-order valence-electron chi connectivity index (χ4n) is 2.04. The van der Waals surface area contributed by atoms with Crippen LogP contribution in [0.4, 0.5) is 0 Å². The van der Waals surface area contributed by atoms with Gasteiger partial charge in [0.25, 0.3) is 0 Å². The van der Waals surface area contributed by atoms with Gasteiger partial charge in [0.05, 0.1) is 0 Å². The maximum absolute atomic E-state index is 12.3. The highest BCUT2D eigenvalue weighted by atomic mass is 79.9. The van der Waals surface area contributed by atoms with E-state index in [1.165, 1.54) is 0 Å². The van der Waals surface area contributed by atoms with E-state index < -0.39 is 0 Å². The maximum atomic E-state index is 12.3. The quantitative estimate of drug-likeness (QED) is 0.678. The molecular formula is C15H11BrN2O. The number of benzene rings is 2. The Hall–Kier alpha value is -1.94. The molecule has 0 N–H and O–H groups in total. The van der Waals surface area contributed by atoms with Crippen LogP contribution < -0.4 is 0 Å². The lowest BCUT2D eigenvalue weighted by Gasteiger charge is -2.02. The van der Waals surface area contributed by atoms with Gasteiger partial charge in [-0.25, -0.2) is 0 Å². The second-order valence-corrected chi connectivity index (χ2v) is 5.33. The summed E-state index contributed by atoms with van der Waals surface area (Å²) >= 11 is 3.44. The Morgan fingerprint density at radius 2 is 1.84 bits per heavy atom. The molecule has 3 rings (SSSR count). The van der Waals surface area contributed by atoms with Gasteiger partial charge in [0.1, 0.15) is 5.69 Å². The first-order valence-electron chi connectivity index (χ1n) is 5.87. The summed E-state index contributed by atoms with van der Waals surface area (Å²) in [6, 6.07) is 13.4. The molecule has 94 valence electrons. The molecule has 1 aromatic heterocycles. The van der Waals surface area contributed by atoms with Gasteiger partial charge >= 0.3 is 0 Å². The van der Waals surface area contributed by atoms with Gasteiger partial charge in [-0.3, -0.25) is 9.48 Å². The summed E-state index contributed by atoms with van der Waals surface area (Å²) in [6.45, 7) is 0. The Balaban J connectivity index is 2.06. The summed E-state index contributed by atoms with van der Waals surface area (Å²) in [5.74, 6) is -0.0505. The van der Waals surface area contributed by atoms with Crippen LogP contribution in [0.5, 0.6) is 0 Å². The highest BCUT2D eigenvalue weighted by Gasteiger charge is 2.12. The number of fused-ring (bicyclic) bond motifs is 1. The van der Waals surface area contributed by atoms with E-state index in [0.717, 1.165) is 15.2 Å². The van der Waals surface area contributed by atoms with E-state index in [1.54, 1.807) is 24.0 Å². The average Bonchev–Trinajstić information content (AvgIpc) is 2.84. The molecule has 0 spiro atoms. The standard InChI is InChI=1S/C15H11BrN2O/c1-18-7-6-14(17-18)15(19)12-3-2-11-9-13(16)5-4-10(11)8-12/h2-9H,1H3. The fourth-order valence-corrected chi connectivity index (χ4v) is 2.42. The van der Waals surface area contributed by atoms with Crippen LogP contribution in [0, 0.1) is 0 Å². The molecule has 19 heavy (non-hydrogen) atoms. The third-order valence-corrected chi connectivity index (χ3v) is 3.50. The minimum Gasteiger partial charge on any atom is -0.287 e. The Morgan fingerprint density at radius 1 is 1.11 bits per heavy atom. The van der Waals surface area contributed by atoms with Gasteiger partial charge in [0.15, 0.2) is 0 Å². The summed E-state index contributed by atoms with van der Waals surface area (Å²) in [6.07, 6.45) is 1.77. The first-order valence-corrected chi connectivity index (χ1v) is 6.66. The summed E-state index contributed by atoms with van der Waals surface area (Å²) in [4.78, 5) is 12.3. The summed E-state index contributed by atoms with van der Waals surface area (Å²) in [7, 11) is 1.80. The number of carbonyl (C=O) groups is 1. The molecule has 3 aromatic rings. The Kier molecular flexibility index (Phi) is 2.95. The topological polar surface area (TPSA) is 34.9 Å². The summed E-state index contributed by atoms with van der Waals surface area (Å²) in [5.41, 5.74) is 1.13. The van der Waals surface area contributed by atoms with Gasteiger partial charge in [-0.2, -0.15) is 5.10 Å². The number of aromatic nitrogens is 2. The molecule has 0 aliphatic heterocycles. The van der Waals surface area contributed by atoms with Crippen molar-refractivity contribution in [2.75, 3.05) is 0 Å². The molecule has 2 aromatic carbocycles. The predicted molar refractivity (Wildman–Crippen MR) is 78.3 cm³/mol. The molecule has 0 fully saturated rings. The van der Waals surface area contributed by atoms with Crippen molar-refractivity contribution < 1.29 is 4.79 Å². The van der Waals surface area contributed by atoms with E-state index in [2.05, 4.69) is 21.0 Å². The van der Waals surface area contributed by atoms with Crippen LogP contribution in [0.25, 0.3) is 10.8 Å². The van der Waals surface area contributed by atoms with Crippen molar-refractivity contribution in [1.29, 1.82) is 0 Å². The monoisotopic (exact) mass is 314 g/mol. The zero-order valence-corrected chi connectivity index (χ0v) is 11.9. The van der Waals surface area contributed by atoms with Gasteiger partial charge in [-0.05, 0) is 35.0 Å². The molecule has 0 atom stereocenters. The van der Waals surface area contributed by atoms with Crippen LogP contribution in [0.3, 0.4) is 0 Å². The zero-order valence-electron chi connectivity index (χ0n) is 10.3. The fraction of sp³-hybridized carbons (Fsp3) is 0.0667. The molecule has 0 saturated heterocycles. The van der Waals surface area contributed by atoms with E-state index in [4.69, 9.17) is 0 Å². The lowest BCUT2D eigenvalue weighted by Crippen LogP contribution is -2.03. The normalized spacial score (nSPS) is 10.8. The molecule has 0 aliphatic rings. The Bertz CT molecular complexity index is 777. The van der Waals surface area contributed by atoms with Crippen LogP contribution in [0.1, 0.15) is 16.1 Å². The molecule has 1 heterocycles. The smallest absolute Gasteiger partial charge is 0.213 e. The molecule has 0 aliphatic carbocycles. The van der Waals surface area contributed by atoms with Crippen molar-refractivity contribution in [2.45, 2.75) is 0 Å². The Morgan fingerprint density at radius 3 is 2.58 bits per heavy atom. The lowest BCUT2D eigenvalue weighted by atomic mass is 10.0. The molecular weight excluding hydrogens is 304 g/mol. The van der Waals surface area contributed by atoms with Crippen LogP contribution in [-0.2, 0) is 7.05 Å². The molecule has 0 radical (unpaired) electrons. The summed E-state index contributed by atoms with van der Waals surface area (Å²) in [5, 5.41) is 6.29. The molecule has 0 unspecified atom stereocenters. The second-order valence-electron chi connectivity index (χ2n) is 4.41. The number of aryl methyl sites for hydroxylation is 1. The van der Waals surface area contributed by atoms with Crippen molar-refractivity contribution in [3.05, 3.63) is 64.4 Å². The number of ketones is 1. The van der Waals surface area contributed by atoms with Crippen LogP contribution in [0.2, 0.25) is 0 Å². The van der Waals surface area contributed by atoms with Crippen molar-refractivity contribution in [3.8, 4) is 0 Å². The number of hydrogen-bond acceptors (Lipinski definition) is 2. The van der Waals surface area contributed by atoms with Crippen molar-refractivity contribution >= 4 is 32.5 Å². The molecule has 0 saturated carbocycles. The maximum Gasteiger partial charge on any atom is 0.213 e. The van der Waals surface area contributed by atoms with E-state index in [0.29, 0.717) is 11.3 Å². The second kappa shape index (κ2) is 4.63. The third-order valence-electron chi connectivity index (χ3n) is 3.01. The number of rotatable bonds is 2. The first-order chi connectivity index (χ1) is 9.13. The number of carbonyl (C=O) groups excluding carboxylic acids is 1. The predicted octanol–water partition coefficient (Wildman–Crippen LogP) is 3.57. The number of nitrogens with zero attached hydrogens (tertiary/aromatic N) is 2. The largest absolute Gasteiger partial charge is 0.287 e. The average molecular weight is 315 g/mol. The number of hydrogen-bond donors (Lipinski definition) is 0. The van der Waals surface area contributed by atoms with Crippen molar-refractivity contribution in [3.63, 3.8) is 0 Å². The lowest BCUT2D eigenvalue weighted by molar-refractivity contribution is 0.103. The zero-order chi connectivity index (χ0) is 13.4. The van der Waals surface area contributed by atoms with E-state index >= 15 is 0 Å². The third kappa shape index (κ3) is 2.31. The minimum atomic E-state index is -0.0505. The van der Waals surface area contributed by atoms with Crippen LogP contribution in [-0.4, -0.2) is 15.6 Å². The first kappa shape index (κ1) is 12.1. The molecule has 3 nitrogen and oxygen atoms in total. The van der Waals surface area contributed by atoms with Gasteiger partial charge in [-0.15, -0.1) is 0 Å². The SMILES string of the molecule is Cn1ccc(C(=O)c2ccc3cc(Br)ccc3c2)n1. The van der Waals surface area contributed by atoms with E-state index in [1.807, 2.05) is 36.4 Å². The van der Waals surface area contributed by atoms with Crippen molar-refractivity contribution in [2.24, 2.45) is 7.05 Å². The van der Waals surface area contributed by atoms with Gasteiger partial charge in [-0.1, -0.05) is 34.1 Å². The molecule has 0 bridgehead atoms. The summed E-state index contributed by atoms with van der Waals surface area (Å²) < 4.78 is 2.66. The highest BCUT2D eigenvalue weighted by molar-refractivity contribution is 9.10. The highest BCUT2D eigenvalue weighted by Crippen LogP contribution is 2.22. The molecule has 0 amide bonds. The minimum absolute atomic E-state index is 0.0505. The van der Waals surface area contributed by atoms with Gasteiger partial charge in [0, 0.05) is 23.3 Å². The van der Waals surface area contributed by atoms with Crippen molar-refractivity contribution in [1.82, 2.24) is 9.78 Å².